The van der Waals surface area contributed by atoms with Crippen molar-refractivity contribution in [1.29, 1.82) is 0 Å². The first-order chi connectivity index (χ1) is 5.54. The Morgan fingerprint density at radius 2 is 2.00 bits per heavy atom. The van der Waals surface area contributed by atoms with Crippen LogP contribution in [-0.2, 0) is 9.53 Å². The molecule has 0 rings (SSSR count). The summed E-state index contributed by atoms with van der Waals surface area (Å²) >= 11 is 0. The smallest absolute Gasteiger partial charge is 0.300 e. The third kappa shape index (κ3) is 22.8. The summed E-state index contributed by atoms with van der Waals surface area (Å²) in [6, 6.07) is 0. The minimum atomic E-state index is -0.833. The van der Waals surface area contributed by atoms with E-state index < -0.39 is 12.3 Å². The van der Waals surface area contributed by atoms with Crippen LogP contribution in [0.1, 0.15) is 19.8 Å². The second-order valence-electron chi connectivity index (χ2n) is 2.08. The van der Waals surface area contributed by atoms with Gasteiger partial charge in [-0.2, -0.15) is 0 Å². The van der Waals surface area contributed by atoms with Crippen LogP contribution < -0.4 is 0 Å². The number of carbonyl (C=O) groups is 1. The molecule has 0 spiro atoms. The molecule has 0 amide bonds. The van der Waals surface area contributed by atoms with E-state index in [4.69, 9.17) is 20.1 Å². The molecule has 0 radical (unpaired) electrons. The highest BCUT2D eigenvalue weighted by Gasteiger charge is 1.97. The van der Waals surface area contributed by atoms with Gasteiger partial charge in [-0.3, -0.25) is 4.79 Å². The van der Waals surface area contributed by atoms with E-state index in [1.54, 1.807) is 0 Å². The van der Waals surface area contributed by atoms with Crippen molar-refractivity contribution >= 4 is 5.97 Å². The monoisotopic (exact) mass is 180 g/mol. The molecule has 0 aromatic carbocycles. The summed E-state index contributed by atoms with van der Waals surface area (Å²) in [7, 11) is 1.43. The molecule has 0 aromatic rings. The average Bonchev–Trinajstić information content (AvgIpc) is 1.99. The first-order valence-corrected chi connectivity index (χ1v) is 3.55. The number of ether oxygens (including phenoxy) is 1. The predicted molar refractivity (Wildman–Crippen MR) is 42.6 cm³/mol. The minimum Gasteiger partial charge on any atom is -0.481 e. The molecule has 1 unspecified atom stereocenters. The van der Waals surface area contributed by atoms with Gasteiger partial charge in [0.2, 0.25) is 0 Å². The lowest BCUT2D eigenvalue weighted by Gasteiger charge is -2.04. The fourth-order valence-corrected chi connectivity index (χ4v) is 0.384. The van der Waals surface area contributed by atoms with Crippen LogP contribution in [0.3, 0.4) is 0 Å². The first-order valence-electron chi connectivity index (χ1n) is 3.55. The van der Waals surface area contributed by atoms with E-state index in [-0.39, 0.29) is 6.61 Å². The second kappa shape index (κ2) is 10.3. The third-order valence-electron chi connectivity index (χ3n) is 0.881. The van der Waals surface area contributed by atoms with E-state index in [1.807, 2.05) is 0 Å². The van der Waals surface area contributed by atoms with Gasteiger partial charge in [0, 0.05) is 27.1 Å². The van der Waals surface area contributed by atoms with Crippen molar-refractivity contribution in [2.24, 2.45) is 0 Å². The lowest BCUT2D eigenvalue weighted by molar-refractivity contribution is -0.134. The van der Waals surface area contributed by atoms with Crippen molar-refractivity contribution in [1.82, 2.24) is 0 Å². The van der Waals surface area contributed by atoms with Gasteiger partial charge in [0.25, 0.3) is 5.97 Å². The first kappa shape index (κ1) is 13.9. The van der Waals surface area contributed by atoms with Gasteiger partial charge in [-0.25, -0.2) is 0 Å². The molecule has 0 aliphatic rings. The van der Waals surface area contributed by atoms with E-state index in [0.29, 0.717) is 12.8 Å². The Kier molecular flexibility index (Phi) is 12.0. The Labute approximate surface area is 71.6 Å². The number of aliphatic hydroxyl groups is 2. The molecule has 3 N–H and O–H groups in total. The van der Waals surface area contributed by atoms with Crippen molar-refractivity contribution in [3.8, 4) is 0 Å². The zero-order valence-electron chi connectivity index (χ0n) is 7.36. The van der Waals surface area contributed by atoms with Crippen LogP contribution in [0.5, 0.6) is 0 Å². The van der Waals surface area contributed by atoms with Gasteiger partial charge in [-0.05, 0) is 6.42 Å². The molecular formula is C7H16O5. The quantitative estimate of drug-likeness (QED) is 0.522. The number of aliphatic hydroxyl groups excluding tert-OH is 2. The molecule has 0 aliphatic carbocycles. The fourth-order valence-electron chi connectivity index (χ4n) is 0.384. The summed E-state index contributed by atoms with van der Waals surface area (Å²) in [6.07, 6.45) is 0.393. The van der Waals surface area contributed by atoms with Crippen molar-refractivity contribution in [3.05, 3.63) is 0 Å². The molecule has 0 fully saturated rings. The fraction of sp³-hybridized carbons (Fsp3) is 0.857. The second-order valence-corrected chi connectivity index (χ2v) is 2.08. The number of hydrogen-bond acceptors (Lipinski definition) is 4. The number of carboxylic acids is 1. The molecule has 0 aliphatic heterocycles. The van der Waals surface area contributed by atoms with Gasteiger partial charge in [-0.15, -0.1) is 0 Å². The molecule has 0 bridgehead atoms. The summed E-state index contributed by atoms with van der Waals surface area (Å²) in [6.45, 7) is 1.19. The Morgan fingerprint density at radius 3 is 2.25 bits per heavy atom. The zero-order chi connectivity index (χ0) is 9.98. The van der Waals surface area contributed by atoms with E-state index in [2.05, 4.69) is 4.74 Å². The number of methoxy groups -OCH3 is 1. The van der Waals surface area contributed by atoms with Crippen molar-refractivity contribution in [3.63, 3.8) is 0 Å². The minimum absolute atomic E-state index is 0.112. The SMILES string of the molecule is CC(=O)O.COC(O)CCCO. The highest BCUT2D eigenvalue weighted by atomic mass is 16.6. The van der Waals surface area contributed by atoms with Gasteiger partial charge >= 0.3 is 0 Å². The van der Waals surface area contributed by atoms with E-state index >= 15 is 0 Å². The maximum absolute atomic E-state index is 9.00. The number of carboxylic acid groups (broad SMARTS) is 1. The Morgan fingerprint density at radius 1 is 1.58 bits per heavy atom. The molecule has 5 heteroatoms. The normalized spacial score (nSPS) is 11.3. The van der Waals surface area contributed by atoms with Crippen molar-refractivity contribution in [2.75, 3.05) is 13.7 Å². The van der Waals surface area contributed by atoms with Crippen molar-refractivity contribution in [2.45, 2.75) is 26.1 Å². The lowest BCUT2D eigenvalue weighted by Crippen LogP contribution is -2.08. The van der Waals surface area contributed by atoms with Gasteiger partial charge < -0.3 is 20.1 Å². The molecular weight excluding hydrogens is 164 g/mol. The summed E-state index contributed by atoms with van der Waals surface area (Å²) in [5.74, 6) is -0.833. The number of rotatable bonds is 4. The summed E-state index contributed by atoms with van der Waals surface area (Å²) in [4.78, 5) is 9.00. The Bertz CT molecular complexity index is 100.0. The van der Waals surface area contributed by atoms with E-state index in [1.165, 1.54) is 7.11 Å². The lowest BCUT2D eigenvalue weighted by atomic mass is 10.3. The van der Waals surface area contributed by atoms with Gasteiger partial charge in [-0.1, -0.05) is 0 Å². The zero-order valence-corrected chi connectivity index (χ0v) is 7.36. The summed E-state index contributed by atoms with van der Waals surface area (Å²) in [5, 5.41) is 24.3. The molecule has 0 aromatic heterocycles. The Balaban J connectivity index is 0. The van der Waals surface area contributed by atoms with Crippen LogP contribution in [0.15, 0.2) is 0 Å². The maximum atomic E-state index is 9.00. The van der Waals surface area contributed by atoms with Crippen LogP contribution in [0.25, 0.3) is 0 Å². The standard InChI is InChI=1S/C5H12O3.C2H4O2/c1-8-5(7)3-2-4-6;1-2(3)4/h5-7H,2-4H2,1H3;1H3,(H,3,4). The number of aliphatic carboxylic acids is 1. The molecule has 1 atom stereocenters. The van der Waals surface area contributed by atoms with Crippen molar-refractivity contribution < 1.29 is 24.9 Å². The Hall–Kier alpha value is -0.650. The molecule has 74 valence electrons. The molecule has 0 saturated carbocycles. The molecule has 12 heavy (non-hydrogen) atoms. The third-order valence-corrected chi connectivity index (χ3v) is 0.881. The van der Waals surface area contributed by atoms with E-state index in [9.17, 15) is 0 Å². The highest BCUT2D eigenvalue weighted by Crippen LogP contribution is 1.94. The molecule has 5 nitrogen and oxygen atoms in total. The highest BCUT2D eigenvalue weighted by molar-refractivity contribution is 5.62. The van der Waals surface area contributed by atoms with Crippen LogP contribution >= 0.6 is 0 Å². The molecule has 0 heterocycles. The average molecular weight is 180 g/mol. The number of hydrogen-bond donors (Lipinski definition) is 3. The largest absolute Gasteiger partial charge is 0.481 e. The van der Waals surface area contributed by atoms with Gasteiger partial charge in [0.15, 0.2) is 6.29 Å². The maximum Gasteiger partial charge on any atom is 0.300 e. The topological polar surface area (TPSA) is 87.0 Å². The summed E-state index contributed by atoms with van der Waals surface area (Å²) in [5.41, 5.74) is 0. The van der Waals surface area contributed by atoms with E-state index in [0.717, 1.165) is 6.92 Å². The van der Waals surface area contributed by atoms with Crippen LogP contribution in [-0.4, -0.2) is 41.3 Å². The predicted octanol–water partition coefficient (Wildman–Crippen LogP) is -0.185. The van der Waals surface area contributed by atoms with Crippen LogP contribution in [0.4, 0.5) is 0 Å². The van der Waals surface area contributed by atoms with Gasteiger partial charge in [0.1, 0.15) is 0 Å². The summed E-state index contributed by atoms with van der Waals surface area (Å²) < 4.78 is 4.50. The van der Waals surface area contributed by atoms with Crippen LogP contribution in [0, 0.1) is 0 Å². The van der Waals surface area contributed by atoms with Crippen LogP contribution in [0.2, 0.25) is 0 Å². The molecule has 0 saturated heterocycles. The van der Waals surface area contributed by atoms with Gasteiger partial charge in [0.05, 0.1) is 0 Å².